The van der Waals surface area contributed by atoms with Crippen molar-refractivity contribution in [2.45, 2.75) is 18.7 Å². The van der Waals surface area contributed by atoms with Crippen LogP contribution in [-0.2, 0) is 10.1 Å². The molecule has 196 valence electrons. The van der Waals surface area contributed by atoms with Gasteiger partial charge in [0.25, 0.3) is 16.0 Å². The molecule has 0 bridgehead atoms. The van der Waals surface area contributed by atoms with Crippen LogP contribution in [0.2, 0.25) is 10.0 Å². The summed E-state index contributed by atoms with van der Waals surface area (Å²) in [5.74, 6) is -0.655. The second kappa shape index (κ2) is 11.0. The highest BCUT2D eigenvalue weighted by Crippen LogP contribution is 2.42. The third-order valence-electron chi connectivity index (χ3n) is 5.53. The summed E-state index contributed by atoms with van der Waals surface area (Å²) in [5.41, 5.74) is -0.0630. The number of nitrogens with zero attached hydrogens (tertiary/aromatic N) is 2. The maximum atomic E-state index is 13.2. The van der Waals surface area contributed by atoms with Crippen LogP contribution in [0.25, 0.3) is 10.8 Å². The zero-order valence-electron chi connectivity index (χ0n) is 20.1. The highest BCUT2D eigenvalue weighted by molar-refractivity contribution is 7.86. The Morgan fingerprint density at radius 2 is 1.71 bits per heavy atom. The van der Waals surface area contributed by atoms with E-state index in [1.54, 1.807) is 42.5 Å². The minimum Gasteiger partial charge on any atom is -0.505 e. The van der Waals surface area contributed by atoms with Crippen LogP contribution in [-0.4, -0.2) is 30.6 Å². The number of aromatic hydroxyl groups is 1. The summed E-state index contributed by atoms with van der Waals surface area (Å²) >= 11 is 12.5. The number of ether oxygens (including phenoxy) is 1. The first-order chi connectivity index (χ1) is 18.0. The van der Waals surface area contributed by atoms with E-state index in [0.717, 1.165) is 0 Å². The van der Waals surface area contributed by atoms with Crippen LogP contribution in [0.5, 0.6) is 11.5 Å². The Balaban J connectivity index is 1.81. The van der Waals surface area contributed by atoms with Crippen molar-refractivity contribution >= 4 is 67.1 Å². The average molecular weight is 574 g/mol. The van der Waals surface area contributed by atoms with E-state index in [0.29, 0.717) is 28.8 Å². The lowest BCUT2D eigenvalue weighted by molar-refractivity contribution is 0.102. The van der Waals surface area contributed by atoms with Crippen LogP contribution >= 0.6 is 23.2 Å². The number of carbonyl (C=O) groups excluding carboxylic acids is 1. The summed E-state index contributed by atoms with van der Waals surface area (Å²) in [6.45, 7) is 3.74. The molecule has 0 aliphatic heterocycles. The highest BCUT2D eigenvalue weighted by Gasteiger charge is 2.23. The molecular weight excluding hydrogens is 553 g/mol. The lowest BCUT2D eigenvalue weighted by Gasteiger charge is -2.13. The summed E-state index contributed by atoms with van der Waals surface area (Å²) in [6, 6.07) is 15.8. The van der Waals surface area contributed by atoms with Gasteiger partial charge in [0.15, 0.2) is 5.75 Å². The predicted molar refractivity (Wildman–Crippen MR) is 146 cm³/mol. The molecule has 0 aliphatic carbocycles. The van der Waals surface area contributed by atoms with Gasteiger partial charge in [-0.15, -0.1) is 10.2 Å². The molecule has 0 radical (unpaired) electrons. The van der Waals surface area contributed by atoms with Crippen molar-refractivity contribution in [1.29, 1.82) is 0 Å². The highest BCUT2D eigenvalue weighted by atomic mass is 35.5. The monoisotopic (exact) mass is 573 g/mol. The number of rotatable bonds is 7. The number of halogens is 2. The van der Waals surface area contributed by atoms with E-state index in [2.05, 4.69) is 15.5 Å². The first-order valence-corrected chi connectivity index (χ1v) is 13.4. The summed E-state index contributed by atoms with van der Waals surface area (Å²) in [4.78, 5) is 12.7. The fourth-order valence-electron chi connectivity index (χ4n) is 3.80. The number of hydrogen-bond donors (Lipinski definition) is 3. The van der Waals surface area contributed by atoms with Crippen LogP contribution in [0.4, 0.5) is 17.1 Å². The quantitative estimate of drug-likeness (QED) is 0.155. The van der Waals surface area contributed by atoms with E-state index in [1.165, 1.54) is 25.1 Å². The van der Waals surface area contributed by atoms with E-state index in [1.807, 2.05) is 6.92 Å². The lowest BCUT2D eigenvalue weighted by Crippen LogP contribution is -2.12. The number of azo groups is 1. The summed E-state index contributed by atoms with van der Waals surface area (Å²) in [5, 5.41) is 22.9. The second-order valence-corrected chi connectivity index (χ2v) is 10.3. The molecular formula is C26H21Cl2N3O6S. The molecule has 3 N–H and O–H groups in total. The van der Waals surface area contributed by atoms with Gasteiger partial charge >= 0.3 is 0 Å². The van der Waals surface area contributed by atoms with E-state index in [-0.39, 0.29) is 32.5 Å². The van der Waals surface area contributed by atoms with Crippen LogP contribution in [0.3, 0.4) is 0 Å². The number of nitrogens with one attached hydrogen (secondary N) is 1. The molecule has 0 atom stereocenters. The van der Waals surface area contributed by atoms with E-state index < -0.39 is 26.7 Å². The van der Waals surface area contributed by atoms with Gasteiger partial charge < -0.3 is 15.2 Å². The van der Waals surface area contributed by atoms with E-state index in [9.17, 15) is 22.9 Å². The first kappa shape index (κ1) is 27.3. The molecule has 0 fully saturated rings. The molecule has 4 aromatic rings. The summed E-state index contributed by atoms with van der Waals surface area (Å²) in [6.07, 6.45) is 0. The topological polar surface area (TPSA) is 138 Å². The maximum Gasteiger partial charge on any atom is 0.297 e. The number of aryl methyl sites for hydroxylation is 1. The van der Waals surface area contributed by atoms with Gasteiger partial charge in [-0.2, -0.15) is 8.42 Å². The smallest absolute Gasteiger partial charge is 0.297 e. The summed E-state index contributed by atoms with van der Waals surface area (Å²) in [7, 11) is -4.70. The molecule has 4 aromatic carbocycles. The van der Waals surface area contributed by atoms with Gasteiger partial charge in [0, 0.05) is 11.5 Å². The summed E-state index contributed by atoms with van der Waals surface area (Å²) < 4.78 is 39.1. The third-order valence-corrected chi connectivity index (χ3v) is 7.18. The minimum absolute atomic E-state index is 0.0881. The number of phenolic OH excluding ortho intramolecular Hbond substituents is 1. The molecule has 38 heavy (non-hydrogen) atoms. The van der Waals surface area contributed by atoms with Gasteiger partial charge in [-0.25, -0.2) is 0 Å². The maximum absolute atomic E-state index is 13.2. The molecule has 1 amide bonds. The van der Waals surface area contributed by atoms with Gasteiger partial charge in [0.1, 0.15) is 22.0 Å². The molecule has 0 saturated carbocycles. The average Bonchev–Trinajstić information content (AvgIpc) is 2.86. The largest absolute Gasteiger partial charge is 0.505 e. The van der Waals surface area contributed by atoms with Crippen molar-refractivity contribution in [1.82, 2.24) is 0 Å². The molecule has 0 aliphatic rings. The van der Waals surface area contributed by atoms with Gasteiger partial charge in [-0.1, -0.05) is 53.5 Å². The molecule has 4 rings (SSSR count). The van der Waals surface area contributed by atoms with Crippen molar-refractivity contribution < 1.29 is 27.6 Å². The zero-order chi connectivity index (χ0) is 27.6. The Labute approximate surface area is 228 Å². The first-order valence-electron chi connectivity index (χ1n) is 11.2. The van der Waals surface area contributed by atoms with Crippen molar-refractivity contribution in [3.8, 4) is 11.5 Å². The lowest BCUT2D eigenvalue weighted by atomic mass is 10.0. The molecule has 0 spiro atoms. The number of hydrogen-bond acceptors (Lipinski definition) is 7. The number of benzene rings is 4. The molecule has 0 saturated heterocycles. The Morgan fingerprint density at radius 3 is 2.39 bits per heavy atom. The predicted octanol–water partition coefficient (Wildman–Crippen LogP) is 7.47. The molecule has 0 heterocycles. The number of amides is 1. The Morgan fingerprint density at radius 1 is 1.00 bits per heavy atom. The number of anilines is 1. The van der Waals surface area contributed by atoms with Crippen LogP contribution < -0.4 is 10.1 Å². The fourth-order valence-corrected chi connectivity index (χ4v) is 5.14. The molecule has 9 nitrogen and oxygen atoms in total. The second-order valence-electron chi connectivity index (χ2n) is 8.09. The van der Waals surface area contributed by atoms with Crippen LogP contribution in [0.15, 0.2) is 75.8 Å². The van der Waals surface area contributed by atoms with Gasteiger partial charge in [0.05, 0.1) is 27.9 Å². The Bertz CT molecular complexity index is 1710. The number of fused-ring (bicyclic) bond motifs is 1. The molecule has 0 aromatic heterocycles. The van der Waals surface area contributed by atoms with Gasteiger partial charge in [0.2, 0.25) is 0 Å². The van der Waals surface area contributed by atoms with E-state index in [4.69, 9.17) is 27.9 Å². The normalized spacial score (nSPS) is 11.7. The van der Waals surface area contributed by atoms with Crippen LogP contribution in [0, 0.1) is 6.92 Å². The molecule has 0 unspecified atom stereocenters. The van der Waals surface area contributed by atoms with Crippen molar-refractivity contribution in [3.63, 3.8) is 0 Å². The van der Waals surface area contributed by atoms with Crippen LogP contribution in [0.1, 0.15) is 22.8 Å². The third kappa shape index (κ3) is 5.58. The van der Waals surface area contributed by atoms with Gasteiger partial charge in [-0.3, -0.25) is 9.35 Å². The number of phenols is 1. The standard InChI is InChI=1S/C26H21Cl2N3O6S/c1-3-37-16-9-11-21(20(28)13-16)29-26(33)18-12-15-6-4-5-7-17(15)22(24(18)32)30-31-23-19(27)10-8-14(2)25(23)38(34,35)36/h4-13,32H,3H2,1-2H3,(H,29,33)(H,34,35,36). The minimum atomic E-state index is -4.70. The van der Waals surface area contributed by atoms with Gasteiger partial charge in [-0.05, 0) is 49.1 Å². The fraction of sp³-hybridized carbons (Fsp3) is 0.115. The van der Waals surface area contributed by atoms with Crippen molar-refractivity contribution in [2.75, 3.05) is 11.9 Å². The SMILES string of the molecule is CCOc1ccc(NC(=O)c2cc3ccccc3c(N=Nc3c(Cl)ccc(C)c3S(=O)(=O)O)c2O)c(Cl)c1. The van der Waals surface area contributed by atoms with Crippen molar-refractivity contribution in [3.05, 3.63) is 81.8 Å². The number of carbonyl (C=O) groups is 1. The molecule has 12 heteroatoms. The Kier molecular flexibility index (Phi) is 7.89. The van der Waals surface area contributed by atoms with Crippen molar-refractivity contribution in [2.24, 2.45) is 10.2 Å². The van der Waals surface area contributed by atoms with E-state index >= 15 is 0 Å². The zero-order valence-corrected chi connectivity index (χ0v) is 22.4. The Hall–Kier alpha value is -3.70.